The lowest BCUT2D eigenvalue weighted by molar-refractivity contribution is -0.00727. The summed E-state index contributed by atoms with van der Waals surface area (Å²) in [7, 11) is 0. The van der Waals surface area contributed by atoms with Gasteiger partial charge in [0.1, 0.15) is 11.6 Å². The molecule has 1 heterocycles. The Balaban J connectivity index is 0.00000162. The van der Waals surface area contributed by atoms with Crippen LogP contribution in [0.25, 0.3) is 0 Å². The molecule has 0 aromatic heterocycles. The molecule has 0 unspecified atom stereocenters. The van der Waals surface area contributed by atoms with Gasteiger partial charge >= 0.3 is 0 Å². The van der Waals surface area contributed by atoms with E-state index in [1.165, 1.54) is 12.1 Å². The van der Waals surface area contributed by atoms with Gasteiger partial charge in [0.15, 0.2) is 0 Å². The summed E-state index contributed by atoms with van der Waals surface area (Å²) < 4.78 is 32.3. The van der Waals surface area contributed by atoms with Gasteiger partial charge in [-0.15, -0.1) is 0 Å². The maximum Gasteiger partial charge on any atom is 0.132 e. The topological polar surface area (TPSA) is 29.5 Å². The maximum absolute atomic E-state index is 13.8. The van der Waals surface area contributed by atoms with Crippen molar-refractivity contribution in [1.29, 1.82) is 0 Å². The minimum absolute atomic E-state index is 0. The van der Waals surface area contributed by atoms with E-state index in [-0.39, 0.29) is 20.0 Å². The molecule has 102 valence electrons. The van der Waals surface area contributed by atoms with Crippen molar-refractivity contribution in [2.45, 2.75) is 32.8 Å². The molecule has 0 radical (unpaired) electrons. The molecule has 1 saturated heterocycles. The van der Waals surface area contributed by atoms with Gasteiger partial charge < -0.3 is 9.84 Å². The van der Waals surface area contributed by atoms with E-state index in [0.29, 0.717) is 25.0 Å². The molecule has 0 bridgehead atoms. The zero-order chi connectivity index (χ0) is 12.5. The first-order chi connectivity index (χ1) is 8.11. The van der Waals surface area contributed by atoms with E-state index < -0.39 is 17.2 Å². The molecule has 1 fully saturated rings. The number of aliphatic hydroxyl groups excluding tert-OH is 1. The van der Waals surface area contributed by atoms with Crippen LogP contribution >= 0.6 is 0 Å². The lowest BCUT2D eigenvalue weighted by Crippen LogP contribution is -2.25. The Morgan fingerprint density at radius 1 is 1.44 bits per heavy atom. The van der Waals surface area contributed by atoms with Gasteiger partial charge in [0.05, 0.1) is 12.2 Å². The third-order valence-electron chi connectivity index (χ3n) is 3.47. The third-order valence-corrected chi connectivity index (χ3v) is 3.47. The van der Waals surface area contributed by atoms with Crippen molar-refractivity contribution in [1.82, 2.24) is 0 Å². The molecule has 1 aromatic rings. The fourth-order valence-electron chi connectivity index (χ4n) is 2.46. The average molecular weight is 258 g/mol. The van der Waals surface area contributed by atoms with Crippen LogP contribution in [0.1, 0.15) is 32.8 Å². The van der Waals surface area contributed by atoms with Gasteiger partial charge in [0.2, 0.25) is 0 Å². The predicted octanol–water partition coefficient (Wildman–Crippen LogP) is 3.24. The minimum Gasteiger partial charge on any atom is -0.396 e. The largest absolute Gasteiger partial charge is 0.396 e. The van der Waals surface area contributed by atoms with Crippen molar-refractivity contribution in [3.05, 3.63) is 35.4 Å². The van der Waals surface area contributed by atoms with Crippen LogP contribution < -0.4 is 0 Å². The quantitative estimate of drug-likeness (QED) is 0.902. The Kier molecular flexibility index (Phi) is 4.82. The molecule has 2 rings (SSSR count). The molecule has 4 heteroatoms. The van der Waals surface area contributed by atoms with Gasteiger partial charge in [-0.2, -0.15) is 0 Å². The summed E-state index contributed by atoms with van der Waals surface area (Å²) in [6, 6.07) is 3.56. The summed E-state index contributed by atoms with van der Waals surface area (Å²) in [6.45, 7) is 2.36. The van der Waals surface area contributed by atoms with Crippen LogP contribution in [0, 0.1) is 17.6 Å². The average Bonchev–Trinajstić information content (AvgIpc) is 2.74. The van der Waals surface area contributed by atoms with E-state index in [4.69, 9.17) is 9.84 Å². The van der Waals surface area contributed by atoms with Crippen molar-refractivity contribution in [2.75, 3.05) is 13.2 Å². The number of hydrogen-bond donors (Lipinski definition) is 1. The second-order valence-corrected chi connectivity index (χ2v) is 4.54. The molecule has 0 saturated carbocycles. The summed E-state index contributed by atoms with van der Waals surface area (Å²) in [4.78, 5) is 0. The van der Waals surface area contributed by atoms with Crippen LogP contribution in [0.2, 0.25) is 0 Å². The SMILES string of the molecule is C.CC[C@@]1(c2ccc(F)cc2F)C[C@@H](CO)CO1. The first kappa shape index (κ1) is 15.1. The Hall–Kier alpha value is -1.00. The van der Waals surface area contributed by atoms with Crippen molar-refractivity contribution in [3.8, 4) is 0 Å². The molecular weight excluding hydrogens is 238 g/mol. The number of halogens is 2. The maximum atomic E-state index is 13.8. The molecule has 18 heavy (non-hydrogen) atoms. The Labute approximate surface area is 107 Å². The molecule has 1 aromatic carbocycles. The highest BCUT2D eigenvalue weighted by atomic mass is 19.1. The van der Waals surface area contributed by atoms with Gasteiger partial charge in [-0.25, -0.2) is 8.78 Å². The number of rotatable bonds is 3. The smallest absolute Gasteiger partial charge is 0.132 e. The second-order valence-electron chi connectivity index (χ2n) is 4.54. The molecule has 2 nitrogen and oxygen atoms in total. The standard InChI is InChI=1S/C13H16F2O2.CH4/c1-2-13(6-9(7-16)8-17-13)11-4-3-10(14)5-12(11)15;/h3-5,9,16H,2,6-8H2,1H3;1H4/t9-,13-;/m0./s1. The lowest BCUT2D eigenvalue weighted by Gasteiger charge is -2.28. The Morgan fingerprint density at radius 2 is 2.17 bits per heavy atom. The number of hydrogen-bond acceptors (Lipinski definition) is 2. The molecule has 0 spiro atoms. The van der Waals surface area contributed by atoms with Crippen LogP contribution in [0.5, 0.6) is 0 Å². The zero-order valence-electron chi connectivity index (χ0n) is 9.75. The van der Waals surface area contributed by atoms with E-state index in [1.54, 1.807) is 0 Å². The van der Waals surface area contributed by atoms with Gasteiger partial charge in [-0.1, -0.05) is 20.4 Å². The predicted molar refractivity (Wildman–Crippen MR) is 66.2 cm³/mol. The fraction of sp³-hybridized carbons (Fsp3) is 0.571. The molecule has 0 amide bonds. The fourth-order valence-corrected chi connectivity index (χ4v) is 2.46. The molecule has 1 aliphatic rings. The summed E-state index contributed by atoms with van der Waals surface area (Å²) in [5.41, 5.74) is -0.331. The summed E-state index contributed by atoms with van der Waals surface area (Å²) in [5.74, 6) is -1.14. The minimum atomic E-state index is -0.717. The first-order valence-electron chi connectivity index (χ1n) is 5.81. The molecule has 0 aliphatic carbocycles. The van der Waals surface area contributed by atoms with Crippen LogP contribution in [0.4, 0.5) is 8.78 Å². The van der Waals surface area contributed by atoms with Gasteiger partial charge in [-0.05, 0) is 18.9 Å². The molecule has 2 atom stereocenters. The first-order valence-corrected chi connectivity index (χ1v) is 5.81. The zero-order valence-corrected chi connectivity index (χ0v) is 9.75. The van der Waals surface area contributed by atoms with Crippen molar-refractivity contribution >= 4 is 0 Å². The van der Waals surface area contributed by atoms with Gasteiger partial charge in [-0.3, -0.25) is 0 Å². The molecule has 1 N–H and O–H groups in total. The monoisotopic (exact) mass is 258 g/mol. The normalized spacial score (nSPS) is 27.0. The molecular formula is C14H20F2O2. The Bertz CT molecular complexity index is 409. The van der Waals surface area contributed by atoms with Crippen LogP contribution in [-0.4, -0.2) is 18.3 Å². The highest BCUT2D eigenvalue weighted by molar-refractivity contribution is 5.26. The van der Waals surface area contributed by atoms with Crippen LogP contribution in [-0.2, 0) is 10.3 Å². The second kappa shape index (κ2) is 5.76. The highest BCUT2D eigenvalue weighted by Gasteiger charge is 2.41. The van der Waals surface area contributed by atoms with E-state index in [2.05, 4.69) is 0 Å². The van der Waals surface area contributed by atoms with Crippen molar-refractivity contribution in [3.63, 3.8) is 0 Å². The van der Waals surface area contributed by atoms with Gasteiger partial charge in [0, 0.05) is 24.2 Å². The van der Waals surface area contributed by atoms with Gasteiger partial charge in [0.25, 0.3) is 0 Å². The van der Waals surface area contributed by atoms with Crippen molar-refractivity contribution < 1.29 is 18.6 Å². The van der Waals surface area contributed by atoms with Crippen LogP contribution in [0.15, 0.2) is 18.2 Å². The van der Waals surface area contributed by atoms with E-state index in [9.17, 15) is 8.78 Å². The number of aliphatic hydroxyl groups is 1. The molecule has 1 aliphatic heterocycles. The van der Waals surface area contributed by atoms with E-state index in [1.807, 2.05) is 6.92 Å². The van der Waals surface area contributed by atoms with E-state index in [0.717, 1.165) is 6.07 Å². The summed E-state index contributed by atoms with van der Waals surface area (Å²) >= 11 is 0. The number of benzene rings is 1. The third kappa shape index (κ3) is 2.54. The lowest BCUT2D eigenvalue weighted by atomic mass is 9.85. The highest BCUT2D eigenvalue weighted by Crippen LogP contribution is 2.42. The number of ether oxygens (including phenoxy) is 1. The van der Waals surface area contributed by atoms with Crippen molar-refractivity contribution in [2.24, 2.45) is 5.92 Å². The summed E-state index contributed by atoms with van der Waals surface area (Å²) in [5, 5.41) is 9.12. The summed E-state index contributed by atoms with van der Waals surface area (Å²) in [6.07, 6.45) is 1.18. The van der Waals surface area contributed by atoms with E-state index >= 15 is 0 Å². The Morgan fingerprint density at radius 3 is 2.67 bits per heavy atom. The van der Waals surface area contributed by atoms with Crippen LogP contribution in [0.3, 0.4) is 0 Å².